The van der Waals surface area contributed by atoms with Gasteiger partial charge in [-0.1, -0.05) is 0 Å². The van der Waals surface area contributed by atoms with Crippen molar-refractivity contribution in [1.82, 2.24) is 9.97 Å². The van der Waals surface area contributed by atoms with Gasteiger partial charge in [0.2, 0.25) is 5.60 Å². The van der Waals surface area contributed by atoms with Crippen LogP contribution in [0.25, 0.3) is 5.57 Å². The van der Waals surface area contributed by atoms with Crippen molar-refractivity contribution in [2.75, 3.05) is 43.1 Å². The van der Waals surface area contributed by atoms with E-state index in [0.717, 1.165) is 6.20 Å². The van der Waals surface area contributed by atoms with Crippen LogP contribution in [0.3, 0.4) is 0 Å². The van der Waals surface area contributed by atoms with Crippen molar-refractivity contribution in [3.05, 3.63) is 48.2 Å². The highest BCUT2D eigenvalue weighted by Gasteiger charge is 2.60. The smallest absolute Gasteiger partial charge is 0.430 e. The van der Waals surface area contributed by atoms with E-state index in [4.69, 9.17) is 15.2 Å². The number of ether oxygens (including phenoxy) is 2. The van der Waals surface area contributed by atoms with Crippen LogP contribution in [-0.4, -0.2) is 65.7 Å². The number of alkyl halides is 3. The molecule has 4 N–H and O–H groups in total. The minimum atomic E-state index is -4.79. The van der Waals surface area contributed by atoms with E-state index >= 15 is 0 Å². The van der Waals surface area contributed by atoms with E-state index in [1.165, 1.54) is 24.5 Å². The number of aliphatic hydroxyl groups is 1. The first-order chi connectivity index (χ1) is 15.8. The molecular formula is C21H22F3N5O4. The number of halogens is 3. The fraction of sp³-hybridized carbons (Fsp3) is 0.381. The van der Waals surface area contributed by atoms with E-state index in [2.05, 4.69) is 15.3 Å². The predicted octanol–water partition coefficient (Wildman–Crippen LogP) is 1.48. The Morgan fingerprint density at radius 1 is 1.27 bits per heavy atom. The summed E-state index contributed by atoms with van der Waals surface area (Å²) in [5.74, 6) is -0.519. The molecular weight excluding hydrogens is 443 g/mol. The van der Waals surface area contributed by atoms with E-state index in [-0.39, 0.29) is 28.4 Å². The maximum atomic E-state index is 13.7. The monoisotopic (exact) mass is 465 g/mol. The molecule has 0 spiro atoms. The number of nitrogens with two attached hydrogens (primary N) is 1. The molecule has 1 aromatic heterocycles. The summed E-state index contributed by atoms with van der Waals surface area (Å²) in [5, 5.41) is 12.2. The van der Waals surface area contributed by atoms with Gasteiger partial charge in [0.25, 0.3) is 5.91 Å². The third-order valence-electron chi connectivity index (χ3n) is 5.55. The van der Waals surface area contributed by atoms with E-state index in [1.807, 2.05) is 4.90 Å². The van der Waals surface area contributed by atoms with Crippen molar-refractivity contribution in [3.8, 4) is 5.75 Å². The maximum absolute atomic E-state index is 13.7. The van der Waals surface area contributed by atoms with Crippen LogP contribution in [0.5, 0.6) is 5.75 Å². The molecule has 0 aliphatic carbocycles. The highest BCUT2D eigenvalue weighted by Crippen LogP contribution is 2.47. The standard InChI is InChI=1S/C21H22F3N5O4/c22-21(23,24)20(12-30)10-13-8-15(16(9-17(13)33-20)29-4-6-32-7-5-29)28-19(31)14(11-25)18-26-2-1-3-27-18/h1-3,8-9,11,30H,4-7,10,12,25H2,(H,28,31)/b14-11+/t20-/m1/s1. The molecule has 176 valence electrons. The number of anilines is 2. The molecule has 2 aliphatic heterocycles. The molecule has 0 bridgehead atoms. The molecule has 1 fully saturated rings. The average Bonchev–Trinajstić information content (AvgIpc) is 3.19. The van der Waals surface area contributed by atoms with E-state index in [9.17, 15) is 23.1 Å². The minimum Gasteiger partial charge on any atom is -0.475 e. The number of rotatable bonds is 5. The Morgan fingerprint density at radius 3 is 2.58 bits per heavy atom. The van der Waals surface area contributed by atoms with Gasteiger partial charge in [0.15, 0.2) is 5.82 Å². The van der Waals surface area contributed by atoms with Crippen LogP contribution in [-0.2, 0) is 16.0 Å². The van der Waals surface area contributed by atoms with Crippen LogP contribution in [0.15, 0.2) is 36.8 Å². The second kappa shape index (κ2) is 8.87. The Bertz CT molecular complexity index is 1060. The van der Waals surface area contributed by atoms with Crippen molar-refractivity contribution < 1.29 is 32.5 Å². The van der Waals surface area contributed by atoms with Crippen LogP contribution in [0.2, 0.25) is 0 Å². The van der Waals surface area contributed by atoms with Gasteiger partial charge in [-0.25, -0.2) is 9.97 Å². The molecule has 0 radical (unpaired) electrons. The zero-order chi connectivity index (χ0) is 23.6. The molecule has 0 saturated carbocycles. The number of hydrogen-bond acceptors (Lipinski definition) is 8. The number of hydrogen-bond donors (Lipinski definition) is 3. The predicted molar refractivity (Wildman–Crippen MR) is 113 cm³/mol. The van der Waals surface area contributed by atoms with Crippen LogP contribution in [0, 0.1) is 0 Å². The number of nitrogens with zero attached hydrogens (tertiary/aromatic N) is 3. The summed E-state index contributed by atoms with van der Waals surface area (Å²) in [7, 11) is 0. The molecule has 1 amide bonds. The van der Waals surface area contributed by atoms with Crippen molar-refractivity contribution in [1.29, 1.82) is 0 Å². The fourth-order valence-electron chi connectivity index (χ4n) is 3.78. The zero-order valence-corrected chi connectivity index (χ0v) is 17.4. The summed E-state index contributed by atoms with van der Waals surface area (Å²) >= 11 is 0. The molecule has 1 aromatic carbocycles. The molecule has 12 heteroatoms. The second-order valence-electron chi connectivity index (χ2n) is 7.61. The molecule has 33 heavy (non-hydrogen) atoms. The fourth-order valence-corrected chi connectivity index (χ4v) is 3.78. The lowest BCUT2D eigenvalue weighted by Crippen LogP contribution is -2.52. The van der Waals surface area contributed by atoms with Gasteiger partial charge in [-0.05, 0) is 12.1 Å². The van der Waals surface area contributed by atoms with Gasteiger partial charge in [0, 0.05) is 49.7 Å². The third kappa shape index (κ3) is 4.31. The highest BCUT2D eigenvalue weighted by atomic mass is 19.4. The van der Waals surface area contributed by atoms with E-state index in [0.29, 0.717) is 32.0 Å². The van der Waals surface area contributed by atoms with Gasteiger partial charge < -0.3 is 30.5 Å². The first-order valence-corrected chi connectivity index (χ1v) is 10.1. The summed E-state index contributed by atoms with van der Waals surface area (Å²) in [4.78, 5) is 22.9. The van der Waals surface area contributed by atoms with E-state index in [1.54, 1.807) is 6.07 Å². The molecule has 3 heterocycles. The number of nitrogens with one attached hydrogen (secondary N) is 1. The largest absolute Gasteiger partial charge is 0.475 e. The Kier molecular flexibility index (Phi) is 6.13. The van der Waals surface area contributed by atoms with Gasteiger partial charge in [-0.15, -0.1) is 0 Å². The molecule has 4 rings (SSSR count). The highest BCUT2D eigenvalue weighted by molar-refractivity contribution is 6.24. The van der Waals surface area contributed by atoms with Crippen molar-refractivity contribution in [2.45, 2.75) is 18.2 Å². The summed E-state index contributed by atoms with van der Waals surface area (Å²) in [6.45, 7) is 0.534. The molecule has 1 atom stereocenters. The van der Waals surface area contributed by atoms with Gasteiger partial charge in [0.05, 0.1) is 36.8 Å². The van der Waals surface area contributed by atoms with Gasteiger partial charge in [-0.2, -0.15) is 13.2 Å². The maximum Gasteiger partial charge on any atom is 0.430 e. The van der Waals surface area contributed by atoms with Crippen LogP contribution < -0.4 is 20.7 Å². The second-order valence-corrected chi connectivity index (χ2v) is 7.61. The lowest BCUT2D eigenvalue weighted by molar-refractivity contribution is -0.252. The number of benzene rings is 1. The SMILES string of the molecule is N/C=C(/C(=O)Nc1cc2c(cc1N1CCOCC1)O[C@](CO)(C(F)(F)F)C2)c1ncccn1. The van der Waals surface area contributed by atoms with Gasteiger partial charge >= 0.3 is 6.18 Å². The first kappa shape index (κ1) is 22.8. The number of aliphatic hydroxyl groups excluding tert-OH is 1. The molecule has 9 nitrogen and oxygen atoms in total. The molecule has 0 unspecified atom stereocenters. The number of carbonyl (C=O) groups excluding carboxylic acids is 1. The third-order valence-corrected chi connectivity index (χ3v) is 5.55. The van der Waals surface area contributed by atoms with E-state index < -0.39 is 30.7 Å². The van der Waals surface area contributed by atoms with Gasteiger partial charge in [-0.3, -0.25) is 4.79 Å². The summed E-state index contributed by atoms with van der Waals surface area (Å²) in [6, 6.07) is 4.46. The quantitative estimate of drug-likeness (QED) is 0.568. The van der Waals surface area contributed by atoms with Gasteiger partial charge in [0.1, 0.15) is 5.75 Å². The van der Waals surface area contributed by atoms with Crippen molar-refractivity contribution in [3.63, 3.8) is 0 Å². The number of carbonyl (C=O) groups is 1. The Morgan fingerprint density at radius 2 is 1.97 bits per heavy atom. The number of aromatic nitrogens is 2. The summed E-state index contributed by atoms with van der Waals surface area (Å²) in [6.07, 6.45) is -1.40. The Labute approximate surface area is 187 Å². The Hall–Kier alpha value is -3.38. The minimum absolute atomic E-state index is 0.000252. The molecule has 1 saturated heterocycles. The van der Waals surface area contributed by atoms with Crippen molar-refractivity contribution in [2.24, 2.45) is 5.73 Å². The first-order valence-electron chi connectivity index (χ1n) is 10.1. The Balaban J connectivity index is 1.71. The summed E-state index contributed by atoms with van der Waals surface area (Å²) in [5.41, 5.74) is 3.84. The number of morpholine rings is 1. The van der Waals surface area contributed by atoms with Crippen LogP contribution in [0.1, 0.15) is 11.4 Å². The summed E-state index contributed by atoms with van der Waals surface area (Å²) < 4.78 is 51.6. The average molecular weight is 465 g/mol. The molecule has 2 aliphatic rings. The lowest BCUT2D eigenvalue weighted by Gasteiger charge is -2.31. The van der Waals surface area contributed by atoms with Crippen LogP contribution >= 0.6 is 0 Å². The lowest BCUT2D eigenvalue weighted by atomic mass is 9.96. The van der Waals surface area contributed by atoms with Crippen LogP contribution in [0.4, 0.5) is 24.5 Å². The topological polar surface area (TPSA) is 123 Å². The normalized spacial score (nSPS) is 20.8. The zero-order valence-electron chi connectivity index (χ0n) is 17.4. The molecule has 2 aromatic rings. The number of fused-ring (bicyclic) bond motifs is 1. The van der Waals surface area contributed by atoms with Crippen molar-refractivity contribution >= 4 is 22.9 Å². The number of amides is 1.